The van der Waals surface area contributed by atoms with Gasteiger partial charge in [-0.15, -0.1) is 0 Å². The molecule has 3 rings (SSSR count). The molecule has 116 valence electrons. The van der Waals surface area contributed by atoms with Crippen LogP contribution in [0, 0.1) is 5.41 Å². The fourth-order valence-corrected chi connectivity index (χ4v) is 3.21. The SMILES string of the molecule is CC1(COc2ccc(CC3CCCCN3)cc2Cl)COC1. The smallest absolute Gasteiger partial charge is 0.137 e. The highest BCUT2D eigenvalue weighted by Gasteiger charge is 2.34. The summed E-state index contributed by atoms with van der Waals surface area (Å²) in [5, 5.41) is 4.29. The van der Waals surface area contributed by atoms with E-state index in [1.54, 1.807) is 0 Å². The van der Waals surface area contributed by atoms with Crippen LogP contribution in [0.25, 0.3) is 0 Å². The Bertz CT molecular complexity index is 482. The summed E-state index contributed by atoms with van der Waals surface area (Å²) in [6.07, 6.45) is 4.93. The molecule has 1 atom stereocenters. The second-order valence-electron chi connectivity index (χ2n) is 6.71. The molecule has 0 aliphatic carbocycles. The third-order valence-corrected chi connectivity index (χ3v) is 4.66. The normalized spacial score (nSPS) is 24.4. The van der Waals surface area contributed by atoms with Gasteiger partial charge in [-0.1, -0.05) is 31.0 Å². The molecule has 2 fully saturated rings. The lowest BCUT2D eigenvalue weighted by Crippen LogP contribution is -2.44. The van der Waals surface area contributed by atoms with Gasteiger partial charge in [0.05, 0.1) is 24.8 Å². The Morgan fingerprint density at radius 2 is 2.24 bits per heavy atom. The minimum Gasteiger partial charge on any atom is -0.491 e. The van der Waals surface area contributed by atoms with E-state index < -0.39 is 0 Å². The van der Waals surface area contributed by atoms with Gasteiger partial charge in [-0.3, -0.25) is 0 Å². The van der Waals surface area contributed by atoms with Gasteiger partial charge in [-0.25, -0.2) is 0 Å². The molecule has 2 aliphatic heterocycles. The lowest BCUT2D eigenvalue weighted by atomic mass is 9.90. The van der Waals surface area contributed by atoms with E-state index in [2.05, 4.69) is 18.3 Å². The third-order valence-electron chi connectivity index (χ3n) is 4.37. The number of piperidine rings is 1. The molecular formula is C17H24ClNO2. The average Bonchev–Trinajstić information content (AvgIpc) is 2.45. The molecule has 2 saturated heterocycles. The second kappa shape index (κ2) is 6.55. The van der Waals surface area contributed by atoms with Gasteiger partial charge in [0.1, 0.15) is 5.75 Å². The summed E-state index contributed by atoms with van der Waals surface area (Å²) in [6, 6.07) is 6.78. The Kier molecular flexibility index (Phi) is 4.72. The molecular weight excluding hydrogens is 286 g/mol. The van der Waals surface area contributed by atoms with E-state index >= 15 is 0 Å². The first-order chi connectivity index (χ1) is 10.1. The summed E-state index contributed by atoms with van der Waals surface area (Å²) >= 11 is 6.36. The van der Waals surface area contributed by atoms with E-state index in [9.17, 15) is 0 Å². The number of hydrogen-bond donors (Lipinski definition) is 1. The van der Waals surface area contributed by atoms with Gasteiger partial charge >= 0.3 is 0 Å². The van der Waals surface area contributed by atoms with Gasteiger partial charge in [0, 0.05) is 11.5 Å². The third kappa shape index (κ3) is 3.91. The number of rotatable bonds is 5. The minimum atomic E-state index is 0.147. The molecule has 1 aromatic rings. The molecule has 1 N–H and O–H groups in total. The topological polar surface area (TPSA) is 30.5 Å². The number of benzene rings is 1. The van der Waals surface area contributed by atoms with Gasteiger partial charge in [-0.2, -0.15) is 0 Å². The monoisotopic (exact) mass is 309 g/mol. The van der Waals surface area contributed by atoms with Crippen LogP contribution < -0.4 is 10.1 Å². The van der Waals surface area contributed by atoms with Gasteiger partial charge in [-0.05, 0) is 43.5 Å². The van der Waals surface area contributed by atoms with Gasteiger partial charge in [0.15, 0.2) is 0 Å². The number of nitrogens with one attached hydrogen (secondary N) is 1. The molecule has 2 heterocycles. The standard InChI is InChI=1S/C17H24ClNO2/c1-17(10-20-11-17)12-21-16-6-5-13(9-15(16)18)8-14-4-2-3-7-19-14/h5-6,9,14,19H,2-4,7-8,10-12H2,1H3. The molecule has 0 radical (unpaired) electrons. The molecule has 4 heteroatoms. The van der Waals surface area contributed by atoms with Crippen molar-refractivity contribution in [3.05, 3.63) is 28.8 Å². The maximum atomic E-state index is 6.36. The molecule has 21 heavy (non-hydrogen) atoms. The fourth-order valence-electron chi connectivity index (χ4n) is 2.96. The lowest BCUT2D eigenvalue weighted by molar-refractivity contribution is -0.120. The van der Waals surface area contributed by atoms with Crippen molar-refractivity contribution >= 4 is 11.6 Å². The van der Waals surface area contributed by atoms with Crippen LogP contribution >= 0.6 is 11.6 Å². The highest BCUT2D eigenvalue weighted by atomic mass is 35.5. The highest BCUT2D eigenvalue weighted by Crippen LogP contribution is 2.31. The first kappa shape index (κ1) is 15.1. The van der Waals surface area contributed by atoms with Crippen LogP contribution in [0.15, 0.2) is 18.2 Å². The quantitative estimate of drug-likeness (QED) is 0.904. The van der Waals surface area contributed by atoms with Crippen molar-refractivity contribution in [3.8, 4) is 5.75 Å². The zero-order valence-electron chi connectivity index (χ0n) is 12.7. The van der Waals surface area contributed by atoms with E-state index in [1.807, 2.05) is 12.1 Å². The van der Waals surface area contributed by atoms with Crippen LogP contribution in [0.1, 0.15) is 31.7 Å². The summed E-state index contributed by atoms with van der Waals surface area (Å²) in [5.41, 5.74) is 1.43. The fraction of sp³-hybridized carbons (Fsp3) is 0.647. The first-order valence-electron chi connectivity index (χ1n) is 7.87. The summed E-state index contributed by atoms with van der Waals surface area (Å²) < 4.78 is 11.1. The molecule has 0 spiro atoms. The zero-order valence-corrected chi connectivity index (χ0v) is 13.4. The van der Waals surface area contributed by atoms with Crippen molar-refractivity contribution in [2.24, 2.45) is 5.41 Å². The summed E-state index contributed by atoms with van der Waals surface area (Å²) in [7, 11) is 0. The minimum absolute atomic E-state index is 0.147. The molecule has 0 bridgehead atoms. The predicted molar refractivity (Wildman–Crippen MR) is 85.2 cm³/mol. The van der Waals surface area contributed by atoms with Gasteiger partial charge in [0.2, 0.25) is 0 Å². The molecule has 0 aromatic heterocycles. The lowest BCUT2D eigenvalue weighted by Gasteiger charge is -2.37. The summed E-state index contributed by atoms with van der Waals surface area (Å²) in [4.78, 5) is 0. The highest BCUT2D eigenvalue weighted by molar-refractivity contribution is 6.32. The van der Waals surface area contributed by atoms with E-state index in [-0.39, 0.29) is 5.41 Å². The Labute approximate surface area is 132 Å². The van der Waals surface area contributed by atoms with Crippen molar-refractivity contribution < 1.29 is 9.47 Å². The molecule has 3 nitrogen and oxygen atoms in total. The first-order valence-corrected chi connectivity index (χ1v) is 8.25. The van der Waals surface area contributed by atoms with E-state index in [0.717, 1.165) is 31.9 Å². The van der Waals surface area contributed by atoms with Crippen LogP contribution in [0.5, 0.6) is 5.75 Å². The second-order valence-corrected chi connectivity index (χ2v) is 7.12. The summed E-state index contributed by atoms with van der Waals surface area (Å²) in [5.74, 6) is 0.783. The van der Waals surface area contributed by atoms with Gasteiger partial charge in [0.25, 0.3) is 0 Å². The molecule has 1 unspecified atom stereocenters. The number of hydrogen-bond acceptors (Lipinski definition) is 3. The Morgan fingerprint density at radius 3 is 2.86 bits per heavy atom. The van der Waals surface area contributed by atoms with E-state index in [1.165, 1.54) is 24.8 Å². The van der Waals surface area contributed by atoms with Crippen LogP contribution in [0.4, 0.5) is 0 Å². The van der Waals surface area contributed by atoms with E-state index in [0.29, 0.717) is 17.7 Å². The molecule has 0 amide bonds. The molecule has 0 saturated carbocycles. The maximum Gasteiger partial charge on any atom is 0.137 e. The Morgan fingerprint density at radius 1 is 1.38 bits per heavy atom. The maximum absolute atomic E-state index is 6.36. The average molecular weight is 310 g/mol. The van der Waals surface area contributed by atoms with Crippen molar-refractivity contribution in [1.82, 2.24) is 5.32 Å². The van der Waals surface area contributed by atoms with Crippen molar-refractivity contribution in [3.63, 3.8) is 0 Å². The van der Waals surface area contributed by atoms with Crippen molar-refractivity contribution in [2.75, 3.05) is 26.4 Å². The number of halogens is 1. The number of ether oxygens (including phenoxy) is 2. The van der Waals surface area contributed by atoms with Crippen LogP contribution in [0.2, 0.25) is 5.02 Å². The van der Waals surface area contributed by atoms with Crippen molar-refractivity contribution in [2.45, 2.75) is 38.6 Å². The van der Waals surface area contributed by atoms with Gasteiger partial charge < -0.3 is 14.8 Å². The zero-order chi connectivity index (χ0) is 14.7. The van der Waals surface area contributed by atoms with E-state index in [4.69, 9.17) is 21.1 Å². The predicted octanol–water partition coefficient (Wildman–Crippen LogP) is 3.44. The molecule has 1 aromatic carbocycles. The van der Waals surface area contributed by atoms with Crippen LogP contribution in [-0.4, -0.2) is 32.4 Å². The van der Waals surface area contributed by atoms with Crippen LogP contribution in [-0.2, 0) is 11.2 Å². The largest absolute Gasteiger partial charge is 0.491 e. The Hall–Kier alpha value is -0.770. The Balaban J connectivity index is 1.56. The van der Waals surface area contributed by atoms with Crippen molar-refractivity contribution in [1.29, 1.82) is 0 Å². The molecule has 2 aliphatic rings. The van der Waals surface area contributed by atoms with Crippen LogP contribution in [0.3, 0.4) is 0 Å². The summed E-state index contributed by atoms with van der Waals surface area (Å²) in [6.45, 7) is 5.52.